The largest absolute Gasteiger partial charge is 0.324 e. The molecule has 0 saturated heterocycles. The van der Waals surface area contributed by atoms with E-state index < -0.39 is 0 Å². The van der Waals surface area contributed by atoms with Crippen molar-refractivity contribution < 1.29 is 0 Å². The number of hydrogen-bond donors (Lipinski definition) is 1. The molecule has 2 N–H and O–H groups in total. The van der Waals surface area contributed by atoms with E-state index in [1.807, 2.05) is 0 Å². The van der Waals surface area contributed by atoms with Crippen molar-refractivity contribution in [3.05, 3.63) is 17.5 Å². The summed E-state index contributed by atoms with van der Waals surface area (Å²) in [6.45, 7) is 7.58. The Labute approximate surface area is 95.0 Å². The van der Waals surface area contributed by atoms with Gasteiger partial charge in [-0.15, -0.1) is 10.2 Å². The molecule has 0 bridgehead atoms. The Morgan fingerprint density at radius 3 is 2.73 bits per heavy atom. The molecule has 1 aromatic rings. The highest BCUT2D eigenvalue weighted by atomic mass is 32.2. The summed E-state index contributed by atoms with van der Waals surface area (Å²) in [6.07, 6.45) is 2.18. The highest BCUT2D eigenvalue weighted by Gasteiger charge is 2.08. The molecule has 15 heavy (non-hydrogen) atoms. The molecule has 0 atom stereocenters. The van der Waals surface area contributed by atoms with Gasteiger partial charge in [0, 0.05) is 12.3 Å². The van der Waals surface area contributed by atoms with E-state index >= 15 is 0 Å². The fourth-order valence-electron chi connectivity index (χ4n) is 1.18. The van der Waals surface area contributed by atoms with Gasteiger partial charge in [0.1, 0.15) is 5.82 Å². The van der Waals surface area contributed by atoms with Gasteiger partial charge in [-0.2, -0.15) is 0 Å². The Morgan fingerprint density at radius 2 is 2.20 bits per heavy atom. The molecule has 4 nitrogen and oxygen atoms in total. The molecule has 0 radical (unpaired) electrons. The molecule has 0 unspecified atom stereocenters. The Morgan fingerprint density at radius 1 is 1.47 bits per heavy atom. The van der Waals surface area contributed by atoms with E-state index in [4.69, 9.17) is 5.73 Å². The summed E-state index contributed by atoms with van der Waals surface area (Å²) in [5.74, 6) is 1.79. The van der Waals surface area contributed by atoms with Crippen LogP contribution in [0.1, 0.15) is 26.6 Å². The van der Waals surface area contributed by atoms with E-state index in [-0.39, 0.29) is 0 Å². The van der Waals surface area contributed by atoms with Gasteiger partial charge in [-0.25, -0.2) is 0 Å². The zero-order valence-electron chi connectivity index (χ0n) is 9.53. The van der Waals surface area contributed by atoms with Crippen LogP contribution in [0.2, 0.25) is 0 Å². The smallest absolute Gasteiger partial charge is 0.191 e. The topological polar surface area (TPSA) is 56.7 Å². The minimum absolute atomic E-state index is 0.448. The molecular weight excluding hydrogens is 208 g/mol. The molecule has 1 rings (SSSR count). The molecule has 0 amide bonds. The fourth-order valence-corrected chi connectivity index (χ4v) is 2.23. The van der Waals surface area contributed by atoms with E-state index in [0.717, 1.165) is 23.3 Å². The van der Waals surface area contributed by atoms with Crippen LogP contribution in [0, 0.1) is 0 Å². The zero-order chi connectivity index (χ0) is 11.3. The second-order valence-electron chi connectivity index (χ2n) is 3.44. The van der Waals surface area contributed by atoms with Crippen molar-refractivity contribution in [3.8, 4) is 0 Å². The number of nitrogens with two attached hydrogens (primary N) is 1. The minimum Gasteiger partial charge on any atom is -0.324 e. The van der Waals surface area contributed by atoms with Gasteiger partial charge in [-0.3, -0.25) is 0 Å². The van der Waals surface area contributed by atoms with Crippen LogP contribution in [0.5, 0.6) is 0 Å². The molecule has 0 aliphatic heterocycles. The molecule has 0 fully saturated rings. The van der Waals surface area contributed by atoms with Gasteiger partial charge in [-0.05, 0) is 20.8 Å². The standard InChI is InChI=1S/C10H18N4S/c1-4-14-9(7-11)12-13-10(14)15-6-5-8(2)3/h5H,4,6-7,11H2,1-3H3. The van der Waals surface area contributed by atoms with Crippen LogP contribution >= 0.6 is 11.8 Å². The van der Waals surface area contributed by atoms with Gasteiger partial charge in [-0.1, -0.05) is 23.4 Å². The third-order valence-corrected chi connectivity index (χ3v) is 2.89. The van der Waals surface area contributed by atoms with Crippen LogP contribution in [0.25, 0.3) is 0 Å². The van der Waals surface area contributed by atoms with Gasteiger partial charge in [0.25, 0.3) is 0 Å². The first-order valence-electron chi connectivity index (χ1n) is 5.07. The summed E-state index contributed by atoms with van der Waals surface area (Å²) in [7, 11) is 0. The van der Waals surface area contributed by atoms with Gasteiger partial charge in [0.05, 0.1) is 6.54 Å². The van der Waals surface area contributed by atoms with Crippen molar-refractivity contribution >= 4 is 11.8 Å². The number of allylic oxidation sites excluding steroid dienone is 1. The van der Waals surface area contributed by atoms with Crippen LogP contribution in [-0.2, 0) is 13.1 Å². The molecule has 0 aromatic carbocycles. The number of aromatic nitrogens is 3. The maximum absolute atomic E-state index is 5.57. The van der Waals surface area contributed by atoms with E-state index in [1.54, 1.807) is 11.8 Å². The molecule has 0 saturated carbocycles. The molecule has 0 aliphatic rings. The lowest BCUT2D eigenvalue weighted by Gasteiger charge is -2.04. The monoisotopic (exact) mass is 226 g/mol. The maximum atomic E-state index is 5.57. The first-order chi connectivity index (χ1) is 7.19. The van der Waals surface area contributed by atoms with E-state index in [0.29, 0.717) is 6.54 Å². The minimum atomic E-state index is 0.448. The Hall–Kier alpha value is -0.810. The van der Waals surface area contributed by atoms with Crippen LogP contribution in [0.15, 0.2) is 16.8 Å². The van der Waals surface area contributed by atoms with Gasteiger partial charge in [0.15, 0.2) is 5.16 Å². The Bertz CT molecular complexity index is 339. The van der Waals surface area contributed by atoms with E-state index in [2.05, 4.69) is 41.6 Å². The average molecular weight is 226 g/mol. The molecular formula is C10H18N4S. The number of rotatable bonds is 5. The molecule has 5 heteroatoms. The van der Waals surface area contributed by atoms with Crippen LogP contribution in [0.4, 0.5) is 0 Å². The van der Waals surface area contributed by atoms with Crippen molar-refractivity contribution in [2.24, 2.45) is 5.73 Å². The number of nitrogens with zero attached hydrogens (tertiary/aromatic N) is 3. The molecule has 0 spiro atoms. The first-order valence-corrected chi connectivity index (χ1v) is 6.05. The molecule has 1 heterocycles. The maximum Gasteiger partial charge on any atom is 0.191 e. The van der Waals surface area contributed by atoms with Crippen LogP contribution < -0.4 is 5.73 Å². The van der Waals surface area contributed by atoms with Gasteiger partial charge in [0.2, 0.25) is 0 Å². The van der Waals surface area contributed by atoms with E-state index in [9.17, 15) is 0 Å². The van der Waals surface area contributed by atoms with Crippen LogP contribution in [-0.4, -0.2) is 20.5 Å². The second-order valence-corrected chi connectivity index (χ2v) is 4.43. The normalized spacial score (nSPS) is 10.4. The quantitative estimate of drug-likeness (QED) is 0.614. The molecule has 0 aliphatic carbocycles. The lowest BCUT2D eigenvalue weighted by atomic mass is 10.3. The van der Waals surface area contributed by atoms with Crippen molar-refractivity contribution in [1.82, 2.24) is 14.8 Å². The van der Waals surface area contributed by atoms with Crippen molar-refractivity contribution in [2.45, 2.75) is 39.0 Å². The van der Waals surface area contributed by atoms with Gasteiger partial charge < -0.3 is 10.3 Å². The number of thioether (sulfide) groups is 1. The Balaban J connectivity index is 2.68. The predicted molar refractivity (Wildman–Crippen MR) is 63.7 cm³/mol. The Kier molecular flexibility index (Phi) is 4.84. The summed E-state index contributed by atoms with van der Waals surface area (Å²) in [5, 5.41) is 9.13. The SMILES string of the molecule is CCn1c(CN)nnc1SCC=C(C)C. The highest BCUT2D eigenvalue weighted by Crippen LogP contribution is 2.17. The summed E-state index contributed by atoms with van der Waals surface area (Å²) in [5.41, 5.74) is 6.90. The summed E-state index contributed by atoms with van der Waals surface area (Å²) >= 11 is 1.69. The molecule has 84 valence electrons. The van der Waals surface area contributed by atoms with E-state index in [1.165, 1.54) is 5.57 Å². The lowest BCUT2D eigenvalue weighted by molar-refractivity contribution is 0.643. The molecule has 1 aromatic heterocycles. The predicted octanol–water partition coefficient (Wildman–Crippen LogP) is 1.81. The summed E-state index contributed by atoms with van der Waals surface area (Å²) < 4.78 is 2.06. The van der Waals surface area contributed by atoms with Crippen molar-refractivity contribution in [1.29, 1.82) is 0 Å². The third-order valence-electron chi connectivity index (χ3n) is 2.00. The van der Waals surface area contributed by atoms with Crippen molar-refractivity contribution in [3.63, 3.8) is 0 Å². The fraction of sp³-hybridized carbons (Fsp3) is 0.600. The second kappa shape index (κ2) is 5.92. The lowest BCUT2D eigenvalue weighted by Crippen LogP contribution is -2.08. The van der Waals surface area contributed by atoms with Gasteiger partial charge >= 0.3 is 0 Å². The zero-order valence-corrected chi connectivity index (χ0v) is 10.3. The first kappa shape index (κ1) is 12.3. The summed E-state index contributed by atoms with van der Waals surface area (Å²) in [6, 6.07) is 0. The number of hydrogen-bond acceptors (Lipinski definition) is 4. The van der Waals surface area contributed by atoms with Crippen molar-refractivity contribution in [2.75, 3.05) is 5.75 Å². The summed E-state index contributed by atoms with van der Waals surface area (Å²) in [4.78, 5) is 0. The van der Waals surface area contributed by atoms with Crippen LogP contribution in [0.3, 0.4) is 0 Å². The highest BCUT2D eigenvalue weighted by molar-refractivity contribution is 7.99. The average Bonchev–Trinajstić information content (AvgIpc) is 2.59. The third kappa shape index (κ3) is 3.35.